The Kier molecular flexibility index (Phi) is 4.62. The van der Waals surface area contributed by atoms with Crippen LogP contribution in [0.4, 0.5) is 0 Å². The molecular weight excluding hydrogens is 450 g/mol. The van der Waals surface area contributed by atoms with Crippen LogP contribution < -0.4 is 0 Å². The molecule has 0 bridgehead atoms. The summed E-state index contributed by atoms with van der Waals surface area (Å²) in [5.74, 6) is 0. The standard InChI is InChI=1S/C31H19NO2S/c33-35(22-10-2-1-3-11-22)23-15-16-27(32-19-23)26-18-21-9-5-7-13-25(21)30-29-24-12-6-4-8-20(24)14-17-28(29)34-31(26)30/h1-19H. The predicted molar refractivity (Wildman–Crippen MR) is 143 cm³/mol. The van der Waals surface area contributed by atoms with Crippen LogP contribution in [0.2, 0.25) is 0 Å². The van der Waals surface area contributed by atoms with Crippen molar-refractivity contribution in [1.82, 2.24) is 4.98 Å². The van der Waals surface area contributed by atoms with Gasteiger partial charge in [-0.2, -0.15) is 0 Å². The first-order chi connectivity index (χ1) is 17.3. The summed E-state index contributed by atoms with van der Waals surface area (Å²) in [6.07, 6.45) is 1.71. The zero-order chi connectivity index (χ0) is 23.4. The highest BCUT2D eigenvalue weighted by molar-refractivity contribution is 7.91. The third-order valence-electron chi connectivity index (χ3n) is 6.54. The van der Waals surface area contributed by atoms with Crippen LogP contribution in [0.5, 0.6) is 0 Å². The fourth-order valence-electron chi connectivity index (χ4n) is 4.91. The van der Waals surface area contributed by atoms with E-state index in [-0.39, 0.29) is 0 Å². The van der Waals surface area contributed by atoms with E-state index in [4.69, 9.17) is 9.40 Å². The van der Waals surface area contributed by atoms with Crippen molar-refractivity contribution in [3.8, 4) is 11.3 Å². The summed E-state index contributed by atoms with van der Waals surface area (Å²) in [4.78, 5) is 6.17. The Morgan fingerprint density at radius 2 is 1.34 bits per heavy atom. The van der Waals surface area contributed by atoms with Crippen LogP contribution in [0.1, 0.15) is 0 Å². The summed E-state index contributed by atoms with van der Waals surface area (Å²) < 4.78 is 19.5. The van der Waals surface area contributed by atoms with Crippen molar-refractivity contribution in [2.24, 2.45) is 0 Å². The number of hydrogen-bond donors (Lipinski definition) is 0. The first-order valence-corrected chi connectivity index (χ1v) is 12.6. The lowest BCUT2D eigenvalue weighted by atomic mass is 9.96. The van der Waals surface area contributed by atoms with Gasteiger partial charge < -0.3 is 8.97 Å². The predicted octanol–water partition coefficient (Wildman–Crippen LogP) is 8.12. The number of rotatable bonds is 3. The van der Waals surface area contributed by atoms with E-state index in [0.29, 0.717) is 4.90 Å². The number of furan rings is 1. The highest BCUT2D eigenvalue weighted by atomic mass is 32.2. The minimum absolute atomic E-state index is 0.674. The zero-order valence-corrected chi connectivity index (χ0v) is 19.5. The molecule has 0 radical (unpaired) electrons. The summed E-state index contributed by atoms with van der Waals surface area (Å²) in [6.45, 7) is 0. The molecule has 0 saturated heterocycles. The molecule has 5 aromatic carbocycles. The molecule has 2 aromatic heterocycles. The maximum atomic E-state index is 13.0. The Labute approximate surface area is 204 Å². The molecule has 0 fully saturated rings. The molecule has 0 N–H and O–H groups in total. The molecular formula is C31H19NO2S. The van der Waals surface area contributed by atoms with Crippen LogP contribution in [0.3, 0.4) is 0 Å². The number of hydrogen-bond acceptors (Lipinski definition) is 3. The minimum atomic E-state index is -1.27. The normalized spacial score (nSPS) is 12.6. The zero-order valence-electron chi connectivity index (χ0n) is 18.6. The van der Waals surface area contributed by atoms with E-state index >= 15 is 0 Å². The van der Waals surface area contributed by atoms with Gasteiger partial charge in [0.05, 0.1) is 11.9 Å². The average molecular weight is 470 g/mol. The van der Waals surface area contributed by atoms with Gasteiger partial charge in [0.1, 0.15) is 11.2 Å². The Bertz CT molecular complexity index is 1860. The SMILES string of the molecule is [O-][S+](c1ccccc1)c1ccc(-c2cc3ccccc3c3c2oc2ccc4ccccc4c23)nc1. The van der Waals surface area contributed by atoms with E-state index in [2.05, 4.69) is 66.7 Å². The number of pyridine rings is 1. The molecule has 7 rings (SSSR count). The van der Waals surface area contributed by atoms with E-state index < -0.39 is 11.2 Å². The van der Waals surface area contributed by atoms with Crippen molar-refractivity contribution in [1.29, 1.82) is 0 Å². The Balaban J connectivity index is 1.48. The highest BCUT2D eigenvalue weighted by Crippen LogP contribution is 2.43. The molecule has 0 aliphatic carbocycles. The second kappa shape index (κ2) is 7.98. The molecule has 1 unspecified atom stereocenters. The Hall–Kier alpha value is -4.12. The fraction of sp³-hybridized carbons (Fsp3) is 0. The van der Waals surface area contributed by atoms with Gasteiger partial charge in [0.15, 0.2) is 9.79 Å². The van der Waals surface area contributed by atoms with Gasteiger partial charge in [-0.3, -0.25) is 4.98 Å². The maximum Gasteiger partial charge on any atom is 0.176 e. The molecule has 166 valence electrons. The van der Waals surface area contributed by atoms with Crippen molar-refractivity contribution in [3.05, 3.63) is 115 Å². The first-order valence-electron chi connectivity index (χ1n) is 11.5. The van der Waals surface area contributed by atoms with Gasteiger partial charge in [0.2, 0.25) is 0 Å². The quantitative estimate of drug-likeness (QED) is 0.246. The molecule has 3 nitrogen and oxygen atoms in total. The van der Waals surface area contributed by atoms with Crippen molar-refractivity contribution in [3.63, 3.8) is 0 Å². The van der Waals surface area contributed by atoms with E-state index in [1.165, 1.54) is 10.8 Å². The summed E-state index contributed by atoms with van der Waals surface area (Å²) in [6, 6.07) is 36.4. The molecule has 0 spiro atoms. The third-order valence-corrected chi connectivity index (χ3v) is 7.91. The molecule has 0 aliphatic rings. The van der Waals surface area contributed by atoms with E-state index in [0.717, 1.165) is 48.9 Å². The van der Waals surface area contributed by atoms with Gasteiger partial charge >= 0.3 is 0 Å². The lowest BCUT2D eigenvalue weighted by Crippen LogP contribution is -2.02. The smallest absolute Gasteiger partial charge is 0.176 e. The molecule has 2 heterocycles. The topological polar surface area (TPSA) is 49.1 Å². The molecule has 35 heavy (non-hydrogen) atoms. The first kappa shape index (κ1) is 20.3. The maximum absolute atomic E-state index is 13.0. The summed E-state index contributed by atoms with van der Waals surface area (Å²) in [5, 5.41) is 6.87. The van der Waals surface area contributed by atoms with E-state index in [1.807, 2.05) is 42.5 Å². The molecule has 0 amide bonds. The van der Waals surface area contributed by atoms with Crippen molar-refractivity contribution >= 4 is 54.7 Å². The second-order valence-electron chi connectivity index (χ2n) is 8.57. The Morgan fingerprint density at radius 1 is 0.629 bits per heavy atom. The van der Waals surface area contributed by atoms with Crippen LogP contribution in [-0.2, 0) is 11.2 Å². The van der Waals surface area contributed by atoms with Gasteiger partial charge in [-0.05, 0) is 57.9 Å². The van der Waals surface area contributed by atoms with Gasteiger partial charge in [-0.25, -0.2) is 0 Å². The Morgan fingerprint density at radius 3 is 2.11 bits per heavy atom. The van der Waals surface area contributed by atoms with Crippen LogP contribution in [0, 0.1) is 0 Å². The van der Waals surface area contributed by atoms with Gasteiger partial charge in [-0.15, -0.1) is 0 Å². The van der Waals surface area contributed by atoms with E-state index in [1.54, 1.807) is 6.20 Å². The second-order valence-corrected chi connectivity index (χ2v) is 10.1. The molecule has 7 aromatic rings. The van der Waals surface area contributed by atoms with Crippen LogP contribution in [-0.4, -0.2) is 9.54 Å². The molecule has 4 heteroatoms. The number of nitrogens with zero attached hydrogens (tertiary/aromatic N) is 1. The van der Waals surface area contributed by atoms with Gasteiger partial charge in [0, 0.05) is 27.5 Å². The molecule has 0 aliphatic heterocycles. The summed E-state index contributed by atoms with van der Waals surface area (Å²) >= 11 is -1.27. The van der Waals surface area contributed by atoms with Crippen molar-refractivity contribution in [2.45, 2.75) is 9.79 Å². The molecule has 0 saturated carbocycles. The lowest BCUT2D eigenvalue weighted by molar-refractivity contribution is 0.594. The van der Waals surface area contributed by atoms with Crippen LogP contribution in [0.15, 0.2) is 130 Å². The average Bonchev–Trinajstić information content (AvgIpc) is 3.33. The molecule has 1 atom stereocenters. The lowest BCUT2D eigenvalue weighted by Gasteiger charge is -2.10. The third kappa shape index (κ3) is 3.22. The van der Waals surface area contributed by atoms with Gasteiger partial charge in [-0.1, -0.05) is 72.8 Å². The number of benzene rings is 5. The number of fused-ring (bicyclic) bond motifs is 7. The van der Waals surface area contributed by atoms with E-state index in [9.17, 15) is 4.55 Å². The van der Waals surface area contributed by atoms with Crippen LogP contribution in [0.25, 0.3) is 54.7 Å². The highest BCUT2D eigenvalue weighted by Gasteiger charge is 2.20. The van der Waals surface area contributed by atoms with Crippen molar-refractivity contribution in [2.75, 3.05) is 0 Å². The van der Waals surface area contributed by atoms with Gasteiger partial charge in [0.25, 0.3) is 0 Å². The largest absolute Gasteiger partial charge is 0.606 e. The van der Waals surface area contributed by atoms with Crippen LogP contribution >= 0.6 is 0 Å². The summed E-state index contributed by atoms with van der Waals surface area (Å²) in [7, 11) is 0. The number of aromatic nitrogens is 1. The summed E-state index contributed by atoms with van der Waals surface area (Å²) in [5.41, 5.74) is 3.39. The minimum Gasteiger partial charge on any atom is -0.606 e. The van der Waals surface area contributed by atoms with Crippen molar-refractivity contribution < 1.29 is 8.97 Å². The fourth-order valence-corrected chi connectivity index (χ4v) is 5.92. The monoisotopic (exact) mass is 469 g/mol.